The largest absolute Gasteiger partial charge is 0.356 e. The smallest absolute Gasteiger partial charge is 0.281 e. The third-order valence-electron chi connectivity index (χ3n) is 4.40. The first kappa shape index (κ1) is 20.2. The van der Waals surface area contributed by atoms with E-state index in [1.54, 1.807) is 0 Å². The van der Waals surface area contributed by atoms with Crippen LogP contribution in [-0.4, -0.2) is 56.7 Å². The Balaban J connectivity index is 1.77. The van der Waals surface area contributed by atoms with E-state index in [1.807, 2.05) is 24.3 Å². The van der Waals surface area contributed by atoms with Crippen molar-refractivity contribution in [1.29, 1.82) is 0 Å². The van der Waals surface area contributed by atoms with Crippen molar-refractivity contribution in [3.8, 4) is 0 Å². The van der Waals surface area contributed by atoms with Crippen molar-refractivity contribution in [2.24, 2.45) is 5.92 Å². The zero-order chi connectivity index (χ0) is 18.4. The van der Waals surface area contributed by atoms with Crippen LogP contribution in [0.3, 0.4) is 0 Å². The quantitative estimate of drug-likeness (QED) is 0.726. The molecule has 0 aromatic heterocycles. The van der Waals surface area contributed by atoms with Crippen molar-refractivity contribution in [2.75, 3.05) is 33.7 Å². The van der Waals surface area contributed by atoms with Crippen molar-refractivity contribution in [3.05, 3.63) is 34.9 Å². The van der Waals surface area contributed by atoms with Crippen LogP contribution in [0.1, 0.15) is 24.8 Å². The average molecular weight is 388 g/mol. The van der Waals surface area contributed by atoms with Gasteiger partial charge in [0, 0.05) is 38.8 Å². The molecule has 140 valence electrons. The standard InChI is InChI=1S/C17H26ClN3O3S/c1-20(2)25(23,24)21-12-4-6-15(13-21)17(22)19-11-3-5-14-7-9-16(18)10-8-14/h7-10,15H,3-6,11-13H2,1-2H3,(H,19,22). The molecule has 1 aliphatic rings. The molecule has 1 heterocycles. The highest BCUT2D eigenvalue weighted by atomic mass is 35.5. The van der Waals surface area contributed by atoms with E-state index in [0.29, 0.717) is 24.5 Å². The van der Waals surface area contributed by atoms with E-state index in [1.165, 1.54) is 28.3 Å². The highest BCUT2D eigenvalue weighted by Gasteiger charge is 2.33. The molecule has 0 radical (unpaired) electrons. The second-order valence-electron chi connectivity index (χ2n) is 6.51. The Labute approximate surface area is 155 Å². The van der Waals surface area contributed by atoms with Crippen molar-refractivity contribution in [2.45, 2.75) is 25.7 Å². The number of hydrogen-bond acceptors (Lipinski definition) is 3. The first-order valence-corrected chi connectivity index (χ1v) is 10.3. The normalized spacial score (nSPS) is 19.1. The maximum absolute atomic E-state index is 12.3. The van der Waals surface area contributed by atoms with Crippen molar-refractivity contribution in [1.82, 2.24) is 13.9 Å². The van der Waals surface area contributed by atoms with Gasteiger partial charge in [-0.1, -0.05) is 23.7 Å². The van der Waals surface area contributed by atoms with Crippen LogP contribution in [0.5, 0.6) is 0 Å². The van der Waals surface area contributed by atoms with Gasteiger partial charge in [0.05, 0.1) is 5.92 Å². The molecule has 6 nitrogen and oxygen atoms in total. The van der Waals surface area contributed by atoms with Gasteiger partial charge < -0.3 is 5.32 Å². The summed E-state index contributed by atoms with van der Waals surface area (Å²) in [5.41, 5.74) is 1.18. The van der Waals surface area contributed by atoms with Crippen LogP contribution in [-0.2, 0) is 21.4 Å². The molecule has 1 aromatic carbocycles. The van der Waals surface area contributed by atoms with Crippen molar-refractivity contribution in [3.63, 3.8) is 0 Å². The molecule has 0 spiro atoms. The number of amides is 1. The predicted octanol–water partition coefficient (Wildman–Crippen LogP) is 1.91. The number of halogens is 1. The summed E-state index contributed by atoms with van der Waals surface area (Å²) in [4.78, 5) is 12.3. The number of nitrogens with one attached hydrogen (secondary N) is 1. The molecule has 1 N–H and O–H groups in total. The molecule has 1 saturated heterocycles. The molecule has 0 saturated carbocycles. The number of piperidine rings is 1. The van der Waals surface area contributed by atoms with Crippen LogP contribution in [0, 0.1) is 5.92 Å². The average Bonchev–Trinajstić information content (AvgIpc) is 2.60. The van der Waals surface area contributed by atoms with Gasteiger partial charge in [0.15, 0.2) is 0 Å². The molecular weight excluding hydrogens is 362 g/mol. The number of carbonyl (C=O) groups excluding carboxylic acids is 1. The number of aryl methyl sites for hydroxylation is 1. The summed E-state index contributed by atoms with van der Waals surface area (Å²) in [7, 11) is -0.436. The zero-order valence-corrected chi connectivity index (χ0v) is 16.3. The van der Waals surface area contributed by atoms with Gasteiger partial charge in [-0.05, 0) is 43.4 Å². The summed E-state index contributed by atoms with van der Waals surface area (Å²) < 4.78 is 27.0. The molecule has 1 fully saturated rings. The minimum atomic E-state index is -3.46. The first-order valence-electron chi connectivity index (χ1n) is 8.50. The van der Waals surface area contributed by atoms with E-state index in [0.717, 1.165) is 19.3 Å². The Morgan fingerprint density at radius 2 is 2.00 bits per heavy atom. The lowest BCUT2D eigenvalue weighted by Crippen LogP contribution is -2.48. The van der Waals surface area contributed by atoms with Crippen LogP contribution in [0.15, 0.2) is 24.3 Å². The van der Waals surface area contributed by atoms with Gasteiger partial charge in [0.1, 0.15) is 0 Å². The molecule has 8 heteroatoms. The Morgan fingerprint density at radius 3 is 2.64 bits per heavy atom. The van der Waals surface area contributed by atoms with Crippen molar-refractivity contribution < 1.29 is 13.2 Å². The Hall–Kier alpha value is -1.15. The van der Waals surface area contributed by atoms with E-state index in [-0.39, 0.29) is 18.4 Å². The predicted molar refractivity (Wildman–Crippen MR) is 99.7 cm³/mol. The maximum atomic E-state index is 12.3. The van der Waals surface area contributed by atoms with Gasteiger partial charge >= 0.3 is 0 Å². The van der Waals surface area contributed by atoms with E-state index >= 15 is 0 Å². The highest BCUT2D eigenvalue weighted by Crippen LogP contribution is 2.20. The Morgan fingerprint density at radius 1 is 1.32 bits per heavy atom. The monoisotopic (exact) mass is 387 g/mol. The molecule has 1 unspecified atom stereocenters. The number of rotatable bonds is 7. The summed E-state index contributed by atoms with van der Waals surface area (Å²) in [6.07, 6.45) is 3.13. The van der Waals surface area contributed by atoms with Crippen LogP contribution in [0.25, 0.3) is 0 Å². The maximum Gasteiger partial charge on any atom is 0.281 e. The minimum absolute atomic E-state index is 0.0604. The lowest BCUT2D eigenvalue weighted by Gasteiger charge is -2.32. The molecule has 2 rings (SSSR count). The van der Waals surface area contributed by atoms with Crippen molar-refractivity contribution >= 4 is 27.7 Å². The molecule has 1 aliphatic heterocycles. The Bertz CT molecular complexity index is 677. The molecule has 0 aliphatic carbocycles. The molecule has 0 bridgehead atoms. The van der Waals surface area contributed by atoms with E-state index < -0.39 is 10.2 Å². The lowest BCUT2D eigenvalue weighted by atomic mass is 9.99. The van der Waals surface area contributed by atoms with Gasteiger partial charge in [0.25, 0.3) is 10.2 Å². The number of carbonyl (C=O) groups is 1. The second kappa shape index (κ2) is 8.98. The number of nitrogens with zero attached hydrogens (tertiary/aromatic N) is 2. The first-order chi connectivity index (χ1) is 11.8. The van der Waals surface area contributed by atoms with Crippen LogP contribution in [0.2, 0.25) is 5.02 Å². The van der Waals surface area contributed by atoms with Crippen LogP contribution >= 0.6 is 11.6 Å². The van der Waals surface area contributed by atoms with E-state index in [4.69, 9.17) is 11.6 Å². The topological polar surface area (TPSA) is 69.7 Å². The van der Waals surface area contributed by atoms with E-state index in [9.17, 15) is 13.2 Å². The second-order valence-corrected chi connectivity index (χ2v) is 9.09. The summed E-state index contributed by atoms with van der Waals surface area (Å²) in [6.45, 7) is 1.31. The van der Waals surface area contributed by atoms with E-state index in [2.05, 4.69) is 5.32 Å². The summed E-state index contributed by atoms with van der Waals surface area (Å²) >= 11 is 5.86. The van der Waals surface area contributed by atoms with Crippen LogP contribution < -0.4 is 5.32 Å². The fraction of sp³-hybridized carbons (Fsp3) is 0.588. The number of hydrogen-bond donors (Lipinski definition) is 1. The van der Waals surface area contributed by atoms with Gasteiger partial charge in [0.2, 0.25) is 5.91 Å². The zero-order valence-electron chi connectivity index (χ0n) is 14.7. The third kappa shape index (κ3) is 5.67. The minimum Gasteiger partial charge on any atom is -0.356 e. The Kier molecular flexibility index (Phi) is 7.25. The molecule has 1 amide bonds. The summed E-state index contributed by atoms with van der Waals surface area (Å²) in [5.74, 6) is -0.339. The lowest BCUT2D eigenvalue weighted by molar-refractivity contribution is -0.126. The van der Waals surface area contributed by atoms with Gasteiger partial charge in [-0.25, -0.2) is 0 Å². The molecular formula is C17H26ClN3O3S. The SMILES string of the molecule is CN(C)S(=O)(=O)N1CCCC(C(=O)NCCCc2ccc(Cl)cc2)C1. The van der Waals surface area contributed by atoms with Gasteiger partial charge in [-0.3, -0.25) is 4.79 Å². The molecule has 1 atom stereocenters. The highest BCUT2D eigenvalue weighted by molar-refractivity contribution is 7.86. The fourth-order valence-electron chi connectivity index (χ4n) is 2.90. The molecule has 25 heavy (non-hydrogen) atoms. The van der Waals surface area contributed by atoms with Gasteiger partial charge in [-0.2, -0.15) is 17.0 Å². The van der Waals surface area contributed by atoms with Gasteiger partial charge in [-0.15, -0.1) is 0 Å². The summed E-state index contributed by atoms with van der Waals surface area (Å²) in [6, 6.07) is 7.68. The van der Waals surface area contributed by atoms with Crippen LogP contribution in [0.4, 0.5) is 0 Å². The fourth-order valence-corrected chi connectivity index (χ4v) is 4.21. The number of benzene rings is 1. The molecule has 1 aromatic rings. The third-order valence-corrected chi connectivity index (χ3v) is 6.56. The summed E-state index contributed by atoms with van der Waals surface area (Å²) in [5, 5.41) is 3.65.